The highest BCUT2D eigenvalue weighted by Crippen LogP contribution is 2.28. The third-order valence-electron chi connectivity index (χ3n) is 2.80. The van der Waals surface area contributed by atoms with Crippen molar-refractivity contribution in [2.75, 3.05) is 13.1 Å². The first-order chi connectivity index (χ1) is 9.86. The van der Waals surface area contributed by atoms with Gasteiger partial charge >= 0.3 is 0 Å². The summed E-state index contributed by atoms with van der Waals surface area (Å²) in [6, 6.07) is 4.62. The maximum absolute atomic E-state index is 12.2. The van der Waals surface area contributed by atoms with Crippen molar-refractivity contribution in [2.45, 2.75) is 13.0 Å². The Balaban J connectivity index is 2.05. The molecule has 1 heterocycles. The molecule has 112 valence electrons. The Bertz CT molecular complexity index is 590. The van der Waals surface area contributed by atoms with Crippen LogP contribution in [0.4, 0.5) is 0 Å². The topological polar surface area (TPSA) is 75.7 Å². The standard InChI is InChI=1S/C13H12Cl2N2O4/c1-7(21-10-3-2-8(14)4-9(10)15)13(20)17-5-11(18)16-12(19)6-17/h2-4,7H,5-6H2,1H3,(H,16,18,19). The van der Waals surface area contributed by atoms with Gasteiger partial charge in [0, 0.05) is 5.02 Å². The molecule has 1 fully saturated rings. The van der Waals surface area contributed by atoms with Gasteiger partial charge in [0.25, 0.3) is 5.91 Å². The minimum Gasteiger partial charge on any atom is -0.479 e. The third-order valence-corrected chi connectivity index (χ3v) is 3.34. The molecule has 1 aromatic carbocycles. The summed E-state index contributed by atoms with van der Waals surface area (Å²) in [5, 5.41) is 2.84. The van der Waals surface area contributed by atoms with Gasteiger partial charge in [-0.25, -0.2) is 0 Å². The molecule has 2 rings (SSSR count). The second-order valence-electron chi connectivity index (χ2n) is 4.50. The number of halogens is 2. The van der Waals surface area contributed by atoms with E-state index in [1.54, 1.807) is 12.1 Å². The van der Waals surface area contributed by atoms with Gasteiger partial charge in [0.1, 0.15) is 18.8 Å². The summed E-state index contributed by atoms with van der Waals surface area (Å²) in [5.41, 5.74) is 0. The first kappa shape index (κ1) is 15.6. The van der Waals surface area contributed by atoms with E-state index in [1.807, 2.05) is 0 Å². The fourth-order valence-corrected chi connectivity index (χ4v) is 2.31. The van der Waals surface area contributed by atoms with Crippen molar-refractivity contribution in [3.05, 3.63) is 28.2 Å². The van der Waals surface area contributed by atoms with Gasteiger partial charge in [0.05, 0.1) is 5.02 Å². The van der Waals surface area contributed by atoms with Crippen molar-refractivity contribution in [2.24, 2.45) is 0 Å². The number of carbonyl (C=O) groups is 3. The SMILES string of the molecule is CC(Oc1ccc(Cl)cc1Cl)C(=O)N1CC(=O)NC(=O)C1. The molecule has 0 bridgehead atoms. The lowest BCUT2D eigenvalue weighted by atomic mass is 10.2. The molecule has 8 heteroatoms. The van der Waals surface area contributed by atoms with Gasteiger partial charge in [-0.3, -0.25) is 19.7 Å². The zero-order valence-corrected chi connectivity index (χ0v) is 12.6. The van der Waals surface area contributed by atoms with Gasteiger partial charge in [-0.1, -0.05) is 23.2 Å². The second kappa shape index (κ2) is 6.32. The highest BCUT2D eigenvalue weighted by atomic mass is 35.5. The highest BCUT2D eigenvalue weighted by Gasteiger charge is 2.30. The van der Waals surface area contributed by atoms with Crippen LogP contribution in [0, 0.1) is 0 Å². The summed E-state index contributed by atoms with van der Waals surface area (Å²) < 4.78 is 5.46. The zero-order valence-electron chi connectivity index (χ0n) is 11.1. The van der Waals surface area contributed by atoms with E-state index < -0.39 is 23.8 Å². The maximum atomic E-state index is 12.2. The monoisotopic (exact) mass is 330 g/mol. The smallest absolute Gasteiger partial charge is 0.264 e. The van der Waals surface area contributed by atoms with E-state index in [-0.39, 0.29) is 18.1 Å². The highest BCUT2D eigenvalue weighted by molar-refractivity contribution is 6.35. The number of imide groups is 1. The molecule has 21 heavy (non-hydrogen) atoms. The Morgan fingerprint density at radius 1 is 1.29 bits per heavy atom. The van der Waals surface area contributed by atoms with E-state index in [9.17, 15) is 14.4 Å². The van der Waals surface area contributed by atoms with Crippen LogP contribution in [0.25, 0.3) is 0 Å². The summed E-state index contributed by atoms with van der Waals surface area (Å²) in [6.45, 7) is 1.17. The van der Waals surface area contributed by atoms with Crippen LogP contribution in [-0.4, -0.2) is 41.8 Å². The second-order valence-corrected chi connectivity index (χ2v) is 5.34. The number of carbonyl (C=O) groups excluding carboxylic acids is 3. The average molecular weight is 331 g/mol. The van der Waals surface area contributed by atoms with Gasteiger partial charge in [0.2, 0.25) is 11.8 Å². The largest absolute Gasteiger partial charge is 0.479 e. The zero-order chi connectivity index (χ0) is 15.6. The van der Waals surface area contributed by atoms with Crippen molar-refractivity contribution in [3.8, 4) is 5.75 Å². The van der Waals surface area contributed by atoms with E-state index in [0.29, 0.717) is 10.8 Å². The lowest BCUT2D eigenvalue weighted by molar-refractivity contribution is -0.148. The predicted molar refractivity (Wildman–Crippen MR) is 76.3 cm³/mol. The molecule has 1 aliphatic heterocycles. The van der Waals surface area contributed by atoms with Crippen LogP contribution in [0.3, 0.4) is 0 Å². The summed E-state index contributed by atoms with van der Waals surface area (Å²) in [5.74, 6) is -1.20. The maximum Gasteiger partial charge on any atom is 0.264 e. The number of hydrogen-bond acceptors (Lipinski definition) is 4. The van der Waals surface area contributed by atoms with Crippen LogP contribution in [0.5, 0.6) is 5.75 Å². The van der Waals surface area contributed by atoms with Crippen molar-refractivity contribution < 1.29 is 19.1 Å². The summed E-state index contributed by atoms with van der Waals surface area (Å²) in [6.07, 6.45) is -0.887. The summed E-state index contributed by atoms with van der Waals surface area (Å²) >= 11 is 11.7. The third kappa shape index (κ3) is 3.86. The molecule has 0 aromatic heterocycles. The molecule has 0 spiro atoms. The molecule has 1 aromatic rings. The van der Waals surface area contributed by atoms with Crippen LogP contribution < -0.4 is 10.1 Å². The minimum absolute atomic E-state index is 0.174. The number of hydrogen-bond donors (Lipinski definition) is 1. The predicted octanol–water partition coefficient (Wildman–Crippen LogP) is 1.25. The van der Waals surface area contributed by atoms with Crippen molar-refractivity contribution >= 4 is 40.9 Å². The Hall–Kier alpha value is -1.79. The van der Waals surface area contributed by atoms with E-state index in [2.05, 4.69) is 5.32 Å². The minimum atomic E-state index is -0.887. The lowest BCUT2D eigenvalue weighted by Gasteiger charge is -2.28. The van der Waals surface area contributed by atoms with Crippen molar-refractivity contribution in [1.82, 2.24) is 10.2 Å². The number of rotatable bonds is 3. The van der Waals surface area contributed by atoms with Gasteiger partial charge in [-0.15, -0.1) is 0 Å². The van der Waals surface area contributed by atoms with Crippen LogP contribution in [0.2, 0.25) is 10.0 Å². The molecule has 3 amide bonds. The fraction of sp³-hybridized carbons (Fsp3) is 0.308. The number of nitrogens with one attached hydrogen (secondary N) is 1. The van der Waals surface area contributed by atoms with Crippen molar-refractivity contribution in [3.63, 3.8) is 0 Å². The molecule has 1 aliphatic rings. The molecular weight excluding hydrogens is 319 g/mol. The number of benzene rings is 1. The molecule has 1 N–H and O–H groups in total. The number of ether oxygens (including phenoxy) is 1. The lowest BCUT2D eigenvalue weighted by Crippen LogP contribution is -2.55. The van der Waals surface area contributed by atoms with Crippen LogP contribution in [-0.2, 0) is 14.4 Å². The van der Waals surface area contributed by atoms with E-state index >= 15 is 0 Å². The normalized spacial score (nSPS) is 16.4. The molecule has 1 atom stereocenters. The van der Waals surface area contributed by atoms with Crippen LogP contribution >= 0.6 is 23.2 Å². The number of piperazine rings is 1. The van der Waals surface area contributed by atoms with Gasteiger partial charge in [-0.05, 0) is 25.1 Å². The molecule has 1 saturated heterocycles. The Labute approximate surface area is 130 Å². The van der Waals surface area contributed by atoms with E-state index in [1.165, 1.54) is 13.0 Å². The van der Waals surface area contributed by atoms with E-state index in [0.717, 1.165) is 4.90 Å². The molecule has 6 nitrogen and oxygen atoms in total. The van der Waals surface area contributed by atoms with Gasteiger partial charge < -0.3 is 9.64 Å². The Kier molecular flexibility index (Phi) is 4.69. The average Bonchev–Trinajstić information content (AvgIpc) is 2.40. The van der Waals surface area contributed by atoms with Crippen LogP contribution in [0.15, 0.2) is 18.2 Å². The quantitative estimate of drug-likeness (QED) is 0.846. The first-order valence-electron chi connectivity index (χ1n) is 6.10. The number of nitrogens with zero attached hydrogens (tertiary/aromatic N) is 1. The van der Waals surface area contributed by atoms with Crippen LogP contribution in [0.1, 0.15) is 6.92 Å². The van der Waals surface area contributed by atoms with Gasteiger partial charge in [-0.2, -0.15) is 0 Å². The Morgan fingerprint density at radius 2 is 1.90 bits per heavy atom. The van der Waals surface area contributed by atoms with Gasteiger partial charge in [0.15, 0.2) is 6.10 Å². The summed E-state index contributed by atoms with van der Waals surface area (Å²) in [4.78, 5) is 35.8. The molecule has 0 saturated carbocycles. The number of amides is 3. The molecule has 0 aliphatic carbocycles. The Morgan fingerprint density at radius 3 is 2.48 bits per heavy atom. The molecule has 0 radical (unpaired) electrons. The molecular formula is C13H12Cl2N2O4. The van der Waals surface area contributed by atoms with Crippen molar-refractivity contribution in [1.29, 1.82) is 0 Å². The van der Waals surface area contributed by atoms with E-state index in [4.69, 9.17) is 27.9 Å². The molecule has 1 unspecified atom stereocenters. The summed E-state index contributed by atoms with van der Waals surface area (Å²) in [7, 11) is 0. The fourth-order valence-electron chi connectivity index (χ4n) is 1.86. The first-order valence-corrected chi connectivity index (χ1v) is 6.85.